The minimum Gasteiger partial charge on any atom is -0.508 e. The third kappa shape index (κ3) is 2.73. The van der Waals surface area contributed by atoms with Crippen molar-refractivity contribution in [2.45, 2.75) is 31.5 Å². The van der Waals surface area contributed by atoms with E-state index in [0.29, 0.717) is 5.75 Å². The van der Waals surface area contributed by atoms with E-state index >= 15 is 0 Å². The molecule has 0 bridgehead atoms. The van der Waals surface area contributed by atoms with Crippen molar-refractivity contribution in [3.8, 4) is 11.5 Å². The molecule has 1 heterocycles. The molecule has 1 fully saturated rings. The molecule has 0 amide bonds. The Bertz CT molecular complexity index is 401. The van der Waals surface area contributed by atoms with Gasteiger partial charge in [-0.2, -0.15) is 0 Å². The molecule has 4 atom stereocenters. The summed E-state index contributed by atoms with van der Waals surface area (Å²) < 4.78 is 10.4. The van der Waals surface area contributed by atoms with Crippen molar-refractivity contribution in [2.24, 2.45) is 0 Å². The SMILES string of the molecule is Cc1cc(O)cc(O[C@H]2OC[C@@H](O)[C@H](O)[C@H]2O)c1. The molecule has 0 aromatic heterocycles. The quantitative estimate of drug-likeness (QED) is 0.570. The molecular formula is C12H16O6. The van der Waals surface area contributed by atoms with Gasteiger partial charge in [-0.15, -0.1) is 0 Å². The van der Waals surface area contributed by atoms with Crippen LogP contribution in [0.3, 0.4) is 0 Å². The highest BCUT2D eigenvalue weighted by molar-refractivity contribution is 5.36. The van der Waals surface area contributed by atoms with Crippen molar-refractivity contribution >= 4 is 0 Å². The lowest BCUT2D eigenvalue weighted by Crippen LogP contribution is -2.54. The summed E-state index contributed by atoms with van der Waals surface area (Å²) in [5, 5.41) is 37.9. The number of aliphatic hydroxyl groups is 3. The topological polar surface area (TPSA) is 99.4 Å². The summed E-state index contributed by atoms with van der Waals surface area (Å²) in [6.07, 6.45) is -4.88. The first kappa shape index (κ1) is 13.1. The Morgan fingerprint density at radius 2 is 1.89 bits per heavy atom. The van der Waals surface area contributed by atoms with Crippen LogP contribution >= 0.6 is 0 Å². The van der Waals surface area contributed by atoms with E-state index in [4.69, 9.17) is 9.47 Å². The van der Waals surface area contributed by atoms with E-state index in [1.165, 1.54) is 6.07 Å². The Kier molecular flexibility index (Phi) is 3.72. The van der Waals surface area contributed by atoms with Gasteiger partial charge >= 0.3 is 0 Å². The summed E-state index contributed by atoms with van der Waals surface area (Å²) in [7, 11) is 0. The van der Waals surface area contributed by atoms with Crippen molar-refractivity contribution in [1.29, 1.82) is 0 Å². The van der Waals surface area contributed by atoms with Gasteiger partial charge in [0.25, 0.3) is 0 Å². The van der Waals surface area contributed by atoms with E-state index in [2.05, 4.69) is 0 Å². The molecule has 18 heavy (non-hydrogen) atoms. The van der Waals surface area contributed by atoms with Crippen molar-refractivity contribution in [3.05, 3.63) is 23.8 Å². The second-order valence-corrected chi connectivity index (χ2v) is 4.37. The summed E-state index contributed by atoms with van der Waals surface area (Å²) in [4.78, 5) is 0. The van der Waals surface area contributed by atoms with E-state index in [-0.39, 0.29) is 12.4 Å². The van der Waals surface area contributed by atoms with Gasteiger partial charge in [-0.3, -0.25) is 0 Å². The van der Waals surface area contributed by atoms with Gasteiger partial charge < -0.3 is 29.9 Å². The van der Waals surface area contributed by atoms with Crippen LogP contribution in [0.2, 0.25) is 0 Å². The van der Waals surface area contributed by atoms with Crippen LogP contribution in [-0.4, -0.2) is 51.6 Å². The van der Waals surface area contributed by atoms with Gasteiger partial charge in [0.05, 0.1) is 6.61 Å². The molecule has 4 N–H and O–H groups in total. The van der Waals surface area contributed by atoms with E-state index in [1.54, 1.807) is 19.1 Å². The minimum atomic E-state index is -1.35. The Morgan fingerprint density at radius 3 is 2.56 bits per heavy atom. The molecule has 0 saturated carbocycles. The lowest BCUT2D eigenvalue weighted by molar-refractivity contribution is -0.242. The number of ether oxygens (including phenoxy) is 2. The van der Waals surface area contributed by atoms with Crippen LogP contribution in [0, 0.1) is 6.92 Å². The number of hydrogen-bond acceptors (Lipinski definition) is 6. The summed E-state index contributed by atoms with van der Waals surface area (Å²) in [6.45, 7) is 1.66. The fourth-order valence-electron chi connectivity index (χ4n) is 1.81. The van der Waals surface area contributed by atoms with Gasteiger partial charge in [0.2, 0.25) is 6.29 Å². The molecule has 0 spiro atoms. The average Bonchev–Trinajstić information content (AvgIpc) is 2.29. The fraction of sp³-hybridized carbons (Fsp3) is 0.500. The maximum Gasteiger partial charge on any atom is 0.228 e. The number of phenolic OH excluding ortho intramolecular Hbond substituents is 1. The van der Waals surface area contributed by atoms with Crippen LogP contribution in [0.5, 0.6) is 11.5 Å². The summed E-state index contributed by atoms with van der Waals surface area (Å²) in [6, 6.07) is 4.59. The van der Waals surface area contributed by atoms with Crippen LogP contribution in [-0.2, 0) is 4.74 Å². The van der Waals surface area contributed by atoms with Crippen LogP contribution in [0.15, 0.2) is 18.2 Å². The first-order chi connectivity index (χ1) is 8.47. The normalized spacial score (nSPS) is 32.2. The van der Waals surface area contributed by atoms with Gasteiger partial charge in [-0.1, -0.05) is 0 Å². The molecule has 1 aliphatic heterocycles. The molecule has 0 radical (unpaired) electrons. The van der Waals surface area contributed by atoms with Crippen LogP contribution < -0.4 is 4.74 Å². The molecule has 100 valence electrons. The molecular weight excluding hydrogens is 240 g/mol. The number of phenols is 1. The lowest BCUT2D eigenvalue weighted by atomic mass is 10.1. The molecule has 1 aromatic carbocycles. The summed E-state index contributed by atoms with van der Waals surface area (Å²) in [5.74, 6) is 0.357. The molecule has 0 unspecified atom stereocenters. The first-order valence-electron chi connectivity index (χ1n) is 5.60. The van der Waals surface area contributed by atoms with Crippen LogP contribution in [0.4, 0.5) is 0 Å². The Morgan fingerprint density at radius 1 is 1.17 bits per heavy atom. The van der Waals surface area contributed by atoms with Gasteiger partial charge in [0.15, 0.2) is 0 Å². The van der Waals surface area contributed by atoms with E-state index < -0.39 is 24.6 Å². The third-order valence-corrected chi connectivity index (χ3v) is 2.74. The van der Waals surface area contributed by atoms with E-state index in [9.17, 15) is 20.4 Å². The van der Waals surface area contributed by atoms with Crippen molar-refractivity contribution in [2.75, 3.05) is 6.61 Å². The highest BCUT2D eigenvalue weighted by atomic mass is 16.7. The molecule has 1 saturated heterocycles. The monoisotopic (exact) mass is 256 g/mol. The van der Waals surface area contributed by atoms with Crippen molar-refractivity contribution in [1.82, 2.24) is 0 Å². The zero-order valence-corrected chi connectivity index (χ0v) is 9.85. The zero-order valence-electron chi connectivity index (χ0n) is 9.85. The van der Waals surface area contributed by atoms with E-state index in [1.807, 2.05) is 0 Å². The van der Waals surface area contributed by atoms with Gasteiger partial charge in [-0.05, 0) is 24.6 Å². The van der Waals surface area contributed by atoms with Gasteiger partial charge in [-0.25, -0.2) is 0 Å². The number of rotatable bonds is 2. The molecule has 1 aliphatic rings. The molecule has 6 nitrogen and oxygen atoms in total. The molecule has 2 rings (SSSR count). The summed E-state index contributed by atoms with van der Waals surface area (Å²) in [5.41, 5.74) is 0.788. The highest BCUT2D eigenvalue weighted by Gasteiger charge is 2.38. The van der Waals surface area contributed by atoms with E-state index in [0.717, 1.165) is 5.56 Å². The fourth-order valence-corrected chi connectivity index (χ4v) is 1.81. The number of hydrogen-bond donors (Lipinski definition) is 4. The van der Waals surface area contributed by atoms with Crippen LogP contribution in [0.25, 0.3) is 0 Å². The Balaban J connectivity index is 2.09. The second-order valence-electron chi connectivity index (χ2n) is 4.37. The Labute approximate surface area is 104 Å². The molecule has 0 aliphatic carbocycles. The first-order valence-corrected chi connectivity index (χ1v) is 5.60. The number of aryl methyl sites for hydroxylation is 1. The standard InChI is InChI=1S/C12H16O6/c1-6-2-7(13)4-8(3-6)18-12-11(16)10(15)9(14)5-17-12/h2-4,9-16H,5H2,1H3/t9-,10+,11-,12-/m1/s1. The largest absolute Gasteiger partial charge is 0.508 e. The number of aliphatic hydroxyl groups excluding tert-OH is 3. The van der Waals surface area contributed by atoms with Crippen molar-refractivity contribution < 1.29 is 29.9 Å². The zero-order chi connectivity index (χ0) is 13.3. The second kappa shape index (κ2) is 5.11. The lowest BCUT2D eigenvalue weighted by Gasteiger charge is -2.34. The maximum atomic E-state index is 9.69. The highest BCUT2D eigenvalue weighted by Crippen LogP contribution is 2.25. The minimum absolute atomic E-state index is 0.0379. The number of aromatic hydroxyl groups is 1. The predicted octanol–water partition coefficient (Wildman–Crippen LogP) is -0.482. The molecule has 1 aromatic rings. The van der Waals surface area contributed by atoms with Gasteiger partial charge in [0, 0.05) is 6.07 Å². The molecule has 6 heteroatoms. The third-order valence-electron chi connectivity index (χ3n) is 2.74. The van der Waals surface area contributed by atoms with Crippen molar-refractivity contribution in [3.63, 3.8) is 0 Å². The average molecular weight is 256 g/mol. The Hall–Kier alpha value is -1.34. The maximum absolute atomic E-state index is 9.69. The number of benzene rings is 1. The van der Waals surface area contributed by atoms with Gasteiger partial charge in [0.1, 0.15) is 29.8 Å². The summed E-state index contributed by atoms with van der Waals surface area (Å²) >= 11 is 0. The smallest absolute Gasteiger partial charge is 0.228 e. The van der Waals surface area contributed by atoms with Crippen LogP contribution in [0.1, 0.15) is 5.56 Å². The predicted molar refractivity (Wildman–Crippen MR) is 61.2 cm³/mol.